The summed E-state index contributed by atoms with van der Waals surface area (Å²) in [6.45, 7) is 0.707. The Hall–Kier alpha value is -6.19. The molecule has 38 nitrogen and oxygen atoms in total. The number of ether oxygens (including phenoxy) is 3. The average molecular weight is 1210 g/mol. The standard InChI is InChI=1S/C41H65N9O29P2/c1-15(32(59)45-17(3)37(63)64)44-35(62)20(7-5-6-19(42)38(65)66)46-24(53)9-8-21(39(67)68)47-33(60)16(2)43-34(61)18(4)75-31-27(48-26(55)13-52)40(77-22(12-51)29(31)57)78-81(72,73)79-80(70,71)74-14-23-28(56)30(58)36(76-23)50-11-10-25(54)49-41(50)69/h10-11,15-23,27-31,36,40,51-52,56-58H,5-9,12-14,42H2,1-4H3,(H,43,61)(H,44,62)(H,45,59)(H,46,53)(H,47,60)(H,48,55)(H,63,64)(H,65,66)(H,67,68)(H,70,71)(H,72,73)(H,49,54,69)/t15-,16+,17-,18-,19-,20+,21-,22-,23-,27-,28-,29-,30-,31-,36-,40-/m1/s1. The van der Waals surface area contributed by atoms with E-state index < -0.39 is 210 Å². The van der Waals surface area contributed by atoms with E-state index in [-0.39, 0.29) is 19.3 Å². The van der Waals surface area contributed by atoms with Gasteiger partial charge in [-0.05, 0) is 53.4 Å². The number of nitrogens with two attached hydrogens (primary N) is 1. The lowest BCUT2D eigenvalue weighted by atomic mass is 9.96. The van der Waals surface area contributed by atoms with Crippen LogP contribution in [0.5, 0.6) is 0 Å². The summed E-state index contributed by atoms with van der Waals surface area (Å²) < 4.78 is 56.9. The zero-order chi connectivity index (χ0) is 61.4. The predicted octanol–water partition coefficient (Wildman–Crippen LogP) is -8.25. The van der Waals surface area contributed by atoms with E-state index in [9.17, 15) is 102 Å². The number of H-pyrrole nitrogens is 1. The van der Waals surface area contributed by atoms with E-state index in [4.69, 9.17) is 34.7 Å². The van der Waals surface area contributed by atoms with Gasteiger partial charge in [0.1, 0.15) is 91.6 Å². The van der Waals surface area contributed by atoms with Crippen LogP contribution >= 0.6 is 15.6 Å². The molecule has 19 N–H and O–H groups in total. The molecular formula is C41H65N9O29P2. The average Bonchev–Trinajstić information content (AvgIpc) is 3.88. The van der Waals surface area contributed by atoms with Gasteiger partial charge in [-0.2, -0.15) is 4.31 Å². The van der Waals surface area contributed by atoms with Crippen molar-refractivity contribution in [3.05, 3.63) is 33.1 Å². The quantitative estimate of drug-likeness (QED) is 0.0298. The fourth-order valence-corrected chi connectivity index (χ4v) is 9.57. The summed E-state index contributed by atoms with van der Waals surface area (Å²) in [6, 6.07) is -10.3. The van der Waals surface area contributed by atoms with Gasteiger partial charge in [0.05, 0.1) is 13.2 Å². The van der Waals surface area contributed by atoms with Crippen LogP contribution in [0.3, 0.4) is 0 Å². The fourth-order valence-electron chi connectivity index (χ4n) is 7.40. The van der Waals surface area contributed by atoms with E-state index in [1.54, 1.807) is 0 Å². The minimum Gasteiger partial charge on any atom is -0.480 e. The number of phosphoric ester groups is 2. The number of aromatic nitrogens is 2. The highest BCUT2D eigenvalue weighted by Gasteiger charge is 2.52. The molecule has 40 heteroatoms. The van der Waals surface area contributed by atoms with Crippen LogP contribution < -0.4 is 48.9 Å². The first kappa shape index (κ1) is 69.1. The molecule has 0 radical (unpaired) electrons. The smallest absolute Gasteiger partial charge is 0.480 e. The lowest BCUT2D eigenvalue weighted by Gasteiger charge is -2.44. The summed E-state index contributed by atoms with van der Waals surface area (Å²) in [4.78, 5) is 159. The molecule has 1 aromatic rings. The number of hydrogen-bond donors (Lipinski definition) is 18. The summed E-state index contributed by atoms with van der Waals surface area (Å²) >= 11 is 0. The molecule has 81 heavy (non-hydrogen) atoms. The van der Waals surface area contributed by atoms with Gasteiger partial charge in [-0.15, -0.1) is 0 Å². The molecule has 0 spiro atoms. The number of carboxylic acid groups (broad SMARTS) is 3. The number of aliphatic hydroxyl groups excluding tert-OH is 5. The zero-order valence-corrected chi connectivity index (χ0v) is 45.0. The van der Waals surface area contributed by atoms with Crippen molar-refractivity contribution in [1.82, 2.24) is 41.5 Å². The third-order valence-electron chi connectivity index (χ3n) is 11.8. The van der Waals surface area contributed by atoms with Crippen molar-refractivity contribution in [2.75, 3.05) is 19.8 Å². The molecule has 0 bridgehead atoms. The van der Waals surface area contributed by atoms with E-state index in [1.807, 2.05) is 10.3 Å². The third kappa shape index (κ3) is 20.9. The number of hydrogen-bond acceptors (Lipinski definition) is 25. The summed E-state index contributed by atoms with van der Waals surface area (Å²) in [7, 11) is -11.9. The molecule has 3 heterocycles. The van der Waals surface area contributed by atoms with Gasteiger partial charge >= 0.3 is 39.2 Å². The fraction of sp³-hybridized carbons (Fsp3) is 0.683. The lowest BCUT2D eigenvalue weighted by Crippen LogP contribution is -2.66. The van der Waals surface area contributed by atoms with E-state index in [0.717, 1.165) is 33.0 Å². The van der Waals surface area contributed by atoms with Gasteiger partial charge in [0, 0.05) is 18.7 Å². The molecular weight excluding hydrogens is 1140 g/mol. The normalized spacial score (nSPS) is 25.8. The summed E-state index contributed by atoms with van der Waals surface area (Å²) in [6.07, 6.45) is -18.6. The molecule has 2 unspecified atom stereocenters. The number of carboxylic acids is 3. The highest BCUT2D eigenvalue weighted by Crippen LogP contribution is 2.61. The summed E-state index contributed by atoms with van der Waals surface area (Å²) in [5.74, 6) is -11.1. The van der Waals surface area contributed by atoms with Crippen molar-refractivity contribution in [2.45, 2.75) is 157 Å². The number of nitrogens with zero attached hydrogens (tertiary/aromatic N) is 1. The number of aliphatic carboxylic acids is 3. The van der Waals surface area contributed by atoms with Gasteiger partial charge in [-0.3, -0.25) is 61.7 Å². The van der Waals surface area contributed by atoms with Crippen LogP contribution in [0, 0.1) is 0 Å². The Morgan fingerprint density at radius 1 is 0.716 bits per heavy atom. The lowest BCUT2D eigenvalue weighted by molar-refractivity contribution is -0.261. The van der Waals surface area contributed by atoms with Crippen LogP contribution in [0.2, 0.25) is 0 Å². The first-order valence-electron chi connectivity index (χ1n) is 24.1. The van der Waals surface area contributed by atoms with Crippen molar-refractivity contribution in [3.8, 4) is 0 Å². The molecule has 0 saturated carbocycles. The van der Waals surface area contributed by atoms with Crippen molar-refractivity contribution in [3.63, 3.8) is 0 Å². The molecule has 2 saturated heterocycles. The Bertz CT molecular complexity index is 2640. The monoisotopic (exact) mass is 1210 g/mol. The molecule has 1 aromatic heterocycles. The minimum atomic E-state index is -6.04. The Morgan fingerprint density at radius 2 is 1.32 bits per heavy atom. The molecule has 458 valence electrons. The summed E-state index contributed by atoms with van der Waals surface area (Å²) in [5, 5.41) is 92.6. The molecule has 2 aliphatic rings. The van der Waals surface area contributed by atoms with Crippen molar-refractivity contribution >= 4 is 69.0 Å². The van der Waals surface area contributed by atoms with Crippen LogP contribution in [0.4, 0.5) is 0 Å². The molecule has 18 atom stereocenters. The molecule has 2 fully saturated rings. The molecule has 3 rings (SSSR count). The van der Waals surface area contributed by atoms with Gasteiger partial charge in [0.2, 0.25) is 35.4 Å². The van der Waals surface area contributed by atoms with Crippen molar-refractivity contribution < 1.29 is 130 Å². The van der Waals surface area contributed by atoms with Crippen molar-refractivity contribution in [2.24, 2.45) is 5.73 Å². The van der Waals surface area contributed by atoms with Gasteiger partial charge in [0.15, 0.2) is 12.5 Å². The highest BCUT2D eigenvalue weighted by molar-refractivity contribution is 7.61. The maximum absolute atomic E-state index is 13.4. The predicted molar refractivity (Wildman–Crippen MR) is 261 cm³/mol. The van der Waals surface area contributed by atoms with Gasteiger partial charge < -0.3 is 102 Å². The zero-order valence-electron chi connectivity index (χ0n) is 43.2. The van der Waals surface area contributed by atoms with Crippen LogP contribution in [0.25, 0.3) is 0 Å². The number of carbonyl (C=O) groups is 9. The molecule has 0 aromatic carbocycles. The van der Waals surface area contributed by atoms with Crippen LogP contribution in [-0.4, -0.2) is 225 Å². The number of rotatable bonds is 32. The number of phosphoric acid groups is 2. The van der Waals surface area contributed by atoms with Crippen LogP contribution in [-0.2, 0) is 79.8 Å². The van der Waals surface area contributed by atoms with Crippen LogP contribution in [0.1, 0.15) is 66.0 Å². The third-order valence-corrected chi connectivity index (χ3v) is 14.4. The SMILES string of the molecule is C[C@H](NC(=O)[C@@H](C)O[C@H]1[C@H](O)[C@@H](CO)O[C@H](OP(=O)(O)OP(=O)(O)OC[C@H]2O[C@@H](n3ccc(=O)[nH]c3=O)[C@H](O)[C@@H]2O)[C@@H]1NC(=O)CO)C(=O)N[C@H](CCC(=O)N[C@@H](CCC[C@@H](N)C(=O)O)C(=O)N[C@H](C)C(=O)N[C@H](C)C(=O)O)C(=O)O. The van der Waals surface area contributed by atoms with E-state index in [2.05, 4.69) is 35.4 Å². The number of nitrogens with one attached hydrogen (secondary N) is 7. The Balaban J connectivity index is 1.68. The maximum atomic E-state index is 13.4. The number of aliphatic hydroxyl groups is 5. The Kier molecular flexibility index (Phi) is 26.2. The molecule has 6 amide bonds. The largest absolute Gasteiger partial charge is 0.483 e. The maximum Gasteiger partial charge on any atom is 0.483 e. The second-order valence-corrected chi connectivity index (χ2v) is 21.2. The second-order valence-electron chi connectivity index (χ2n) is 18.2. The van der Waals surface area contributed by atoms with E-state index >= 15 is 0 Å². The molecule has 2 aliphatic heterocycles. The first-order chi connectivity index (χ1) is 37.6. The van der Waals surface area contributed by atoms with Crippen LogP contribution in [0.15, 0.2) is 21.9 Å². The van der Waals surface area contributed by atoms with E-state index in [0.29, 0.717) is 4.57 Å². The Labute approximate surface area is 456 Å². The number of amides is 6. The Morgan fingerprint density at radius 3 is 1.89 bits per heavy atom. The van der Waals surface area contributed by atoms with E-state index in [1.165, 1.54) is 6.92 Å². The molecule has 0 aliphatic carbocycles. The highest BCUT2D eigenvalue weighted by atomic mass is 31.3. The summed E-state index contributed by atoms with van der Waals surface area (Å²) in [5.41, 5.74) is 3.61. The number of aromatic amines is 1. The number of carbonyl (C=O) groups excluding carboxylic acids is 6. The second kappa shape index (κ2) is 30.7. The van der Waals surface area contributed by atoms with Gasteiger partial charge in [0.25, 0.3) is 5.56 Å². The van der Waals surface area contributed by atoms with Gasteiger partial charge in [-0.1, -0.05) is 0 Å². The first-order valence-corrected chi connectivity index (χ1v) is 27.1. The minimum absolute atomic E-state index is 0.0633. The van der Waals surface area contributed by atoms with Crippen molar-refractivity contribution in [1.29, 1.82) is 0 Å². The topological polar surface area (TPSA) is 599 Å². The van der Waals surface area contributed by atoms with Gasteiger partial charge in [-0.25, -0.2) is 18.7 Å².